The lowest BCUT2D eigenvalue weighted by molar-refractivity contribution is -0.119. The molecule has 25 heavy (non-hydrogen) atoms. The molecular formula is C18H21N5O2. The first kappa shape index (κ1) is 16.9. The highest BCUT2D eigenvalue weighted by atomic mass is 16.2. The van der Waals surface area contributed by atoms with Crippen LogP contribution >= 0.6 is 0 Å². The maximum atomic E-state index is 12.3. The van der Waals surface area contributed by atoms with Gasteiger partial charge in [0.05, 0.1) is 12.5 Å². The lowest BCUT2D eigenvalue weighted by Gasteiger charge is -2.15. The van der Waals surface area contributed by atoms with Crippen LogP contribution in [-0.2, 0) is 11.3 Å². The highest BCUT2D eigenvalue weighted by molar-refractivity contribution is 5.92. The molecule has 130 valence electrons. The molecule has 1 aromatic carbocycles. The Hall–Kier alpha value is -2.93. The van der Waals surface area contributed by atoms with E-state index in [-0.39, 0.29) is 23.6 Å². The van der Waals surface area contributed by atoms with Crippen LogP contribution in [0.5, 0.6) is 0 Å². The van der Waals surface area contributed by atoms with E-state index in [4.69, 9.17) is 5.73 Å². The number of carbonyl (C=O) groups is 1. The van der Waals surface area contributed by atoms with Crippen LogP contribution in [0.1, 0.15) is 19.4 Å². The van der Waals surface area contributed by atoms with E-state index in [0.29, 0.717) is 17.9 Å². The molecule has 0 aliphatic heterocycles. The lowest BCUT2D eigenvalue weighted by atomic mass is 10.0. The fourth-order valence-electron chi connectivity index (χ4n) is 2.49. The summed E-state index contributed by atoms with van der Waals surface area (Å²) in [6.45, 7) is 3.92. The first-order chi connectivity index (χ1) is 12.0. The summed E-state index contributed by atoms with van der Waals surface area (Å²) in [4.78, 5) is 24.5. The molecule has 3 rings (SSSR count). The fraction of sp³-hybridized carbons (Fsp3) is 0.278. The molecule has 0 bridgehead atoms. The molecule has 0 spiro atoms. The van der Waals surface area contributed by atoms with E-state index in [1.54, 1.807) is 32.2 Å². The van der Waals surface area contributed by atoms with E-state index in [9.17, 15) is 9.59 Å². The van der Waals surface area contributed by atoms with Crippen LogP contribution in [0.2, 0.25) is 0 Å². The van der Waals surface area contributed by atoms with Crippen molar-refractivity contribution < 1.29 is 4.79 Å². The molecule has 2 atom stereocenters. The molecular weight excluding hydrogens is 318 g/mol. The number of nitrogens with two attached hydrogens (primary N) is 1. The van der Waals surface area contributed by atoms with Gasteiger partial charge in [0.25, 0.3) is 0 Å². The monoisotopic (exact) mass is 339 g/mol. The van der Waals surface area contributed by atoms with Crippen molar-refractivity contribution in [1.82, 2.24) is 14.2 Å². The van der Waals surface area contributed by atoms with Crippen molar-refractivity contribution >= 4 is 17.2 Å². The summed E-state index contributed by atoms with van der Waals surface area (Å²) >= 11 is 0. The standard InChI is InChI=1S/C18H21N5O2/c1-12(13(2)19)17(24)20-15-7-5-6-14(10-15)11-23-18(25)22-9-4-3-8-16(22)21-23/h3-10,12-13H,11,19H2,1-2H3,(H,20,24). The Morgan fingerprint density at radius 1 is 1.24 bits per heavy atom. The number of hydrogen-bond acceptors (Lipinski definition) is 4. The highest BCUT2D eigenvalue weighted by Gasteiger charge is 2.17. The summed E-state index contributed by atoms with van der Waals surface area (Å²) in [5.41, 5.74) is 7.71. The van der Waals surface area contributed by atoms with Gasteiger partial charge in [-0.3, -0.25) is 9.20 Å². The second kappa shape index (κ2) is 6.90. The SMILES string of the molecule is CC(N)C(C)C(=O)Nc1cccc(Cn2nc3ccccn3c2=O)c1. The van der Waals surface area contributed by atoms with Gasteiger partial charge in [0, 0.05) is 17.9 Å². The molecule has 0 aliphatic rings. The number of nitrogens with zero attached hydrogens (tertiary/aromatic N) is 3. The molecule has 7 nitrogen and oxygen atoms in total. The molecule has 0 fully saturated rings. The molecule has 3 aromatic rings. The van der Waals surface area contributed by atoms with E-state index in [1.165, 1.54) is 9.08 Å². The van der Waals surface area contributed by atoms with Crippen LogP contribution in [-0.4, -0.2) is 26.1 Å². The molecule has 3 N–H and O–H groups in total. The summed E-state index contributed by atoms with van der Waals surface area (Å²) in [5.74, 6) is -0.415. The number of fused-ring (bicyclic) bond motifs is 1. The number of anilines is 1. The Bertz CT molecular complexity index is 957. The van der Waals surface area contributed by atoms with Crippen molar-refractivity contribution in [3.63, 3.8) is 0 Å². The normalized spacial score (nSPS) is 13.6. The minimum atomic E-state index is -0.287. The van der Waals surface area contributed by atoms with Gasteiger partial charge < -0.3 is 11.1 Å². The number of amides is 1. The number of hydrogen-bond donors (Lipinski definition) is 2. The lowest BCUT2D eigenvalue weighted by Crippen LogP contribution is -2.34. The molecule has 1 amide bonds. The molecule has 2 heterocycles. The van der Waals surface area contributed by atoms with Crippen LogP contribution in [0.25, 0.3) is 5.65 Å². The van der Waals surface area contributed by atoms with Gasteiger partial charge in [-0.05, 0) is 36.8 Å². The van der Waals surface area contributed by atoms with Crippen LogP contribution in [0.3, 0.4) is 0 Å². The van der Waals surface area contributed by atoms with E-state index in [1.807, 2.05) is 30.3 Å². The zero-order valence-electron chi connectivity index (χ0n) is 14.2. The Balaban J connectivity index is 1.80. The summed E-state index contributed by atoms with van der Waals surface area (Å²) in [7, 11) is 0. The third-order valence-corrected chi connectivity index (χ3v) is 4.22. The Labute approximate surface area is 145 Å². The average molecular weight is 339 g/mol. The Morgan fingerprint density at radius 2 is 2.04 bits per heavy atom. The second-order valence-corrected chi connectivity index (χ2v) is 6.21. The summed E-state index contributed by atoms with van der Waals surface area (Å²) in [5, 5.41) is 7.17. The van der Waals surface area contributed by atoms with Gasteiger partial charge in [-0.2, -0.15) is 0 Å². The van der Waals surface area contributed by atoms with Crippen molar-refractivity contribution in [2.75, 3.05) is 5.32 Å². The van der Waals surface area contributed by atoms with Crippen molar-refractivity contribution in [1.29, 1.82) is 0 Å². The zero-order chi connectivity index (χ0) is 18.0. The van der Waals surface area contributed by atoms with Gasteiger partial charge in [-0.1, -0.05) is 25.1 Å². The van der Waals surface area contributed by atoms with Crippen molar-refractivity contribution in [3.8, 4) is 0 Å². The van der Waals surface area contributed by atoms with Crippen LogP contribution < -0.4 is 16.7 Å². The third kappa shape index (κ3) is 3.61. The fourth-order valence-corrected chi connectivity index (χ4v) is 2.49. The summed E-state index contributed by atoms with van der Waals surface area (Å²) < 4.78 is 2.90. The number of carbonyl (C=O) groups excluding carboxylic acids is 1. The van der Waals surface area contributed by atoms with E-state index >= 15 is 0 Å². The van der Waals surface area contributed by atoms with Gasteiger partial charge in [-0.25, -0.2) is 9.48 Å². The van der Waals surface area contributed by atoms with Crippen molar-refractivity contribution in [3.05, 3.63) is 64.7 Å². The maximum Gasteiger partial charge on any atom is 0.350 e. The summed E-state index contributed by atoms with van der Waals surface area (Å²) in [6.07, 6.45) is 1.69. The highest BCUT2D eigenvalue weighted by Crippen LogP contribution is 2.13. The molecule has 7 heteroatoms. The van der Waals surface area contributed by atoms with Gasteiger partial charge in [0.15, 0.2) is 5.65 Å². The predicted molar refractivity (Wildman–Crippen MR) is 96.4 cm³/mol. The van der Waals surface area contributed by atoms with Crippen molar-refractivity contribution in [2.24, 2.45) is 11.7 Å². The minimum absolute atomic E-state index is 0.128. The number of benzene rings is 1. The first-order valence-electron chi connectivity index (χ1n) is 8.15. The van der Waals surface area contributed by atoms with Crippen molar-refractivity contribution in [2.45, 2.75) is 26.4 Å². The predicted octanol–water partition coefficient (Wildman–Crippen LogP) is 1.47. The molecule has 0 saturated heterocycles. The van der Waals surface area contributed by atoms with Crippen LogP contribution in [0, 0.1) is 5.92 Å². The minimum Gasteiger partial charge on any atom is -0.327 e. The van der Waals surface area contributed by atoms with Gasteiger partial charge in [-0.15, -0.1) is 5.10 Å². The topological polar surface area (TPSA) is 94.4 Å². The Kier molecular flexibility index (Phi) is 4.67. The van der Waals surface area contributed by atoms with Crippen LogP contribution in [0.4, 0.5) is 5.69 Å². The summed E-state index contributed by atoms with van der Waals surface area (Å²) in [6, 6.07) is 12.6. The molecule has 2 unspecified atom stereocenters. The number of rotatable bonds is 5. The number of pyridine rings is 1. The zero-order valence-corrected chi connectivity index (χ0v) is 14.2. The number of nitrogens with one attached hydrogen (secondary N) is 1. The van der Waals surface area contributed by atoms with E-state index < -0.39 is 0 Å². The first-order valence-corrected chi connectivity index (χ1v) is 8.15. The molecule has 2 aromatic heterocycles. The van der Waals surface area contributed by atoms with Crippen LogP contribution in [0.15, 0.2) is 53.5 Å². The second-order valence-electron chi connectivity index (χ2n) is 6.21. The third-order valence-electron chi connectivity index (χ3n) is 4.22. The smallest absolute Gasteiger partial charge is 0.327 e. The molecule has 0 saturated carbocycles. The van der Waals surface area contributed by atoms with E-state index in [2.05, 4.69) is 10.4 Å². The maximum absolute atomic E-state index is 12.3. The molecule has 0 radical (unpaired) electrons. The molecule has 0 aliphatic carbocycles. The largest absolute Gasteiger partial charge is 0.350 e. The van der Waals surface area contributed by atoms with E-state index in [0.717, 1.165) is 5.56 Å². The van der Waals surface area contributed by atoms with Gasteiger partial charge >= 0.3 is 5.69 Å². The van der Waals surface area contributed by atoms with Gasteiger partial charge in [0.2, 0.25) is 5.91 Å². The van der Waals surface area contributed by atoms with Gasteiger partial charge in [0.1, 0.15) is 0 Å². The Morgan fingerprint density at radius 3 is 2.76 bits per heavy atom. The quantitative estimate of drug-likeness (QED) is 0.736. The number of aromatic nitrogens is 3. The average Bonchev–Trinajstić information content (AvgIpc) is 2.90.